The SMILES string of the molecule is Cc1noc(C2CCCN(C(=O)CCc3ccc4c(c3)OCO4)C2)n1. The lowest BCUT2D eigenvalue weighted by Crippen LogP contribution is -2.39. The predicted octanol–water partition coefficient (Wildman–Crippen LogP) is 2.45. The number of carbonyl (C=O) groups is 1. The Bertz CT molecular complexity index is 773. The van der Waals surface area contributed by atoms with Crippen LogP contribution in [0.4, 0.5) is 0 Å². The van der Waals surface area contributed by atoms with Gasteiger partial charge in [-0.2, -0.15) is 4.98 Å². The number of aromatic nitrogens is 2. The van der Waals surface area contributed by atoms with Crippen LogP contribution in [0.5, 0.6) is 11.5 Å². The minimum Gasteiger partial charge on any atom is -0.454 e. The van der Waals surface area contributed by atoms with Crippen molar-refractivity contribution in [1.82, 2.24) is 15.0 Å². The second-order valence-electron chi connectivity index (χ2n) is 6.55. The Hall–Kier alpha value is -2.57. The fraction of sp³-hybridized carbons (Fsp3) is 0.500. The van der Waals surface area contributed by atoms with Crippen molar-refractivity contribution in [2.45, 2.75) is 38.5 Å². The Labute approximate surface area is 145 Å². The van der Waals surface area contributed by atoms with Gasteiger partial charge in [-0.15, -0.1) is 0 Å². The highest BCUT2D eigenvalue weighted by Crippen LogP contribution is 2.33. The minimum absolute atomic E-state index is 0.143. The molecule has 0 aliphatic carbocycles. The van der Waals surface area contributed by atoms with Crippen molar-refractivity contribution in [3.8, 4) is 11.5 Å². The number of aryl methyl sites for hydroxylation is 2. The van der Waals surface area contributed by atoms with Crippen LogP contribution in [0.2, 0.25) is 0 Å². The lowest BCUT2D eigenvalue weighted by atomic mass is 9.97. The summed E-state index contributed by atoms with van der Waals surface area (Å²) in [5.74, 6) is 3.12. The van der Waals surface area contributed by atoms with Crippen molar-refractivity contribution >= 4 is 5.91 Å². The Morgan fingerprint density at radius 2 is 2.20 bits per heavy atom. The predicted molar refractivity (Wildman–Crippen MR) is 88.5 cm³/mol. The Morgan fingerprint density at radius 3 is 3.04 bits per heavy atom. The zero-order valence-corrected chi connectivity index (χ0v) is 14.2. The number of rotatable bonds is 4. The fourth-order valence-electron chi connectivity index (χ4n) is 3.39. The quantitative estimate of drug-likeness (QED) is 0.848. The average Bonchev–Trinajstić information content (AvgIpc) is 3.28. The molecule has 2 aliphatic heterocycles. The molecule has 2 aromatic rings. The maximum atomic E-state index is 12.6. The fourth-order valence-corrected chi connectivity index (χ4v) is 3.39. The number of piperidine rings is 1. The molecule has 25 heavy (non-hydrogen) atoms. The molecule has 0 saturated carbocycles. The van der Waals surface area contributed by atoms with Crippen LogP contribution in [0.3, 0.4) is 0 Å². The highest BCUT2D eigenvalue weighted by atomic mass is 16.7. The number of fused-ring (bicyclic) bond motifs is 1. The number of ether oxygens (including phenoxy) is 2. The van der Waals surface area contributed by atoms with Crippen molar-refractivity contribution in [3.05, 3.63) is 35.5 Å². The maximum absolute atomic E-state index is 12.6. The molecule has 1 fully saturated rings. The summed E-state index contributed by atoms with van der Waals surface area (Å²) < 4.78 is 16.0. The van der Waals surface area contributed by atoms with E-state index in [0.717, 1.165) is 36.4 Å². The molecule has 1 aromatic carbocycles. The van der Waals surface area contributed by atoms with Crippen LogP contribution >= 0.6 is 0 Å². The van der Waals surface area contributed by atoms with Crippen molar-refractivity contribution in [2.24, 2.45) is 0 Å². The molecule has 3 heterocycles. The van der Waals surface area contributed by atoms with Gasteiger partial charge in [-0.25, -0.2) is 0 Å². The first kappa shape index (κ1) is 15.9. The second-order valence-corrected chi connectivity index (χ2v) is 6.55. The molecule has 1 unspecified atom stereocenters. The van der Waals surface area contributed by atoms with Gasteiger partial charge in [0.15, 0.2) is 17.3 Å². The van der Waals surface area contributed by atoms with E-state index in [-0.39, 0.29) is 18.6 Å². The highest BCUT2D eigenvalue weighted by Gasteiger charge is 2.28. The smallest absolute Gasteiger partial charge is 0.231 e. The van der Waals surface area contributed by atoms with E-state index in [1.165, 1.54) is 0 Å². The van der Waals surface area contributed by atoms with Crippen LogP contribution in [0.15, 0.2) is 22.7 Å². The van der Waals surface area contributed by atoms with Gasteiger partial charge in [-0.1, -0.05) is 11.2 Å². The third kappa shape index (κ3) is 3.45. The van der Waals surface area contributed by atoms with Crippen LogP contribution in [-0.4, -0.2) is 40.8 Å². The molecule has 0 bridgehead atoms. The highest BCUT2D eigenvalue weighted by molar-refractivity contribution is 5.76. The Morgan fingerprint density at radius 1 is 1.32 bits per heavy atom. The van der Waals surface area contributed by atoms with E-state index < -0.39 is 0 Å². The molecule has 4 rings (SSSR count). The van der Waals surface area contributed by atoms with Gasteiger partial charge in [0, 0.05) is 19.5 Å². The Kier molecular flexibility index (Phi) is 4.29. The van der Waals surface area contributed by atoms with Gasteiger partial charge >= 0.3 is 0 Å². The van der Waals surface area contributed by atoms with E-state index in [0.29, 0.717) is 31.1 Å². The van der Waals surface area contributed by atoms with E-state index in [1.54, 1.807) is 0 Å². The molecule has 1 atom stereocenters. The lowest BCUT2D eigenvalue weighted by Gasteiger charge is -2.31. The number of nitrogens with zero attached hydrogens (tertiary/aromatic N) is 3. The molecule has 7 nitrogen and oxygen atoms in total. The van der Waals surface area contributed by atoms with Crippen molar-refractivity contribution in [2.75, 3.05) is 19.9 Å². The van der Waals surface area contributed by atoms with Gasteiger partial charge in [0.1, 0.15) is 0 Å². The van der Waals surface area contributed by atoms with Crippen molar-refractivity contribution in [1.29, 1.82) is 0 Å². The lowest BCUT2D eigenvalue weighted by molar-refractivity contribution is -0.132. The van der Waals surface area contributed by atoms with Crippen molar-refractivity contribution < 1.29 is 18.8 Å². The van der Waals surface area contributed by atoms with Gasteiger partial charge in [0.05, 0.1) is 5.92 Å². The normalized spacial score (nSPS) is 19.2. The first-order chi connectivity index (χ1) is 12.2. The molecule has 1 saturated heterocycles. The summed E-state index contributed by atoms with van der Waals surface area (Å²) >= 11 is 0. The summed E-state index contributed by atoms with van der Waals surface area (Å²) in [5.41, 5.74) is 1.08. The molecule has 1 aromatic heterocycles. The van der Waals surface area contributed by atoms with E-state index >= 15 is 0 Å². The first-order valence-electron chi connectivity index (χ1n) is 8.65. The number of hydrogen-bond donors (Lipinski definition) is 0. The molecule has 0 N–H and O–H groups in total. The molecule has 1 amide bonds. The summed E-state index contributed by atoms with van der Waals surface area (Å²) in [6.07, 6.45) is 3.11. The second kappa shape index (κ2) is 6.74. The number of hydrogen-bond acceptors (Lipinski definition) is 6. The number of likely N-dealkylation sites (tertiary alicyclic amines) is 1. The molecule has 0 radical (unpaired) electrons. The van der Waals surface area contributed by atoms with Crippen LogP contribution in [0, 0.1) is 6.92 Å². The largest absolute Gasteiger partial charge is 0.454 e. The van der Waals surface area contributed by atoms with Gasteiger partial charge in [0.2, 0.25) is 18.6 Å². The van der Waals surface area contributed by atoms with Gasteiger partial charge < -0.3 is 18.9 Å². The topological polar surface area (TPSA) is 77.7 Å². The monoisotopic (exact) mass is 343 g/mol. The Balaban J connectivity index is 1.34. The van der Waals surface area contributed by atoms with Crippen LogP contribution in [-0.2, 0) is 11.2 Å². The average molecular weight is 343 g/mol. The maximum Gasteiger partial charge on any atom is 0.231 e. The van der Waals surface area contributed by atoms with Crippen molar-refractivity contribution in [3.63, 3.8) is 0 Å². The van der Waals surface area contributed by atoms with Gasteiger partial charge in [-0.3, -0.25) is 4.79 Å². The molecule has 0 spiro atoms. The zero-order chi connectivity index (χ0) is 17.2. The third-order valence-electron chi connectivity index (χ3n) is 4.73. The summed E-state index contributed by atoms with van der Waals surface area (Å²) in [4.78, 5) is 18.8. The summed E-state index contributed by atoms with van der Waals surface area (Å²) in [7, 11) is 0. The molecular weight excluding hydrogens is 322 g/mol. The summed E-state index contributed by atoms with van der Waals surface area (Å²) in [6, 6.07) is 5.84. The van der Waals surface area contributed by atoms with E-state index in [1.807, 2.05) is 30.0 Å². The first-order valence-corrected chi connectivity index (χ1v) is 8.65. The van der Waals surface area contributed by atoms with Crippen LogP contribution < -0.4 is 9.47 Å². The van der Waals surface area contributed by atoms with Crippen LogP contribution in [0.25, 0.3) is 0 Å². The van der Waals surface area contributed by atoms with E-state index in [9.17, 15) is 4.79 Å². The molecule has 132 valence electrons. The minimum atomic E-state index is 0.143. The number of carbonyl (C=O) groups excluding carboxylic acids is 1. The van der Waals surface area contributed by atoms with Gasteiger partial charge in [0.25, 0.3) is 0 Å². The van der Waals surface area contributed by atoms with Gasteiger partial charge in [-0.05, 0) is 43.9 Å². The standard InChI is InChI=1S/C18H21N3O4/c1-12-19-18(25-20-12)14-3-2-8-21(10-14)17(22)7-5-13-4-6-15-16(9-13)24-11-23-15/h4,6,9,14H,2-3,5,7-8,10-11H2,1H3. The molecule has 7 heteroatoms. The van der Waals surface area contributed by atoms with Crippen LogP contribution in [0.1, 0.15) is 42.5 Å². The number of amides is 1. The third-order valence-corrected chi connectivity index (χ3v) is 4.73. The molecule has 2 aliphatic rings. The zero-order valence-electron chi connectivity index (χ0n) is 14.2. The number of benzene rings is 1. The van der Waals surface area contributed by atoms with E-state index in [4.69, 9.17) is 14.0 Å². The molecular formula is C18H21N3O4. The summed E-state index contributed by atoms with van der Waals surface area (Å²) in [6.45, 7) is 3.53. The summed E-state index contributed by atoms with van der Waals surface area (Å²) in [5, 5.41) is 3.85. The van der Waals surface area contributed by atoms with E-state index in [2.05, 4.69) is 10.1 Å².